The molecular weight excluding hydrogens is 210 g/mol. The Balaban J connectivity index is 2.60. The number of aryl methyl sites for hydroxylation is 2. The van der Waals surface area contributed by atoms with E-state index in [2.05, 4.69) is 5.32 Å². The number of carbonyl (C=O) groups excluding carboxylic acids is 1. The van der Waals surface area contributed by atoms with E-state index in [9.17, 15) is 9.59 Å². The normalized spacial score (nSPS) is 12.2. The molecule has 2 N–H and O–H groups in total. The van der Waals surface area contributed by atoms with Crippen LogP contribution in [0.3, 0.4) is 0 Å². The fourth-order valence-electron chi connectivity index (χ4n) is 1.28. The maximum atomic E-state index is 11.6. The van der Waals surface area contributed by atoms with Crippen LogP contribution in [0.15, 0.2) is 10.5 Å². The summed E-state index contributed by atoms with van der Waals surface area (Å²) in [5.74, 6) is -0.632. The second-order valence-corrected chi connectivity index (χ2v) is 3.78. The van der Waals surface area contributed by atoms with E-state index in [1.165, 1.54) is 6.92 Å². The summed E-state index contributed by atoms with van der Waals surface area (Å²) in [6, 6.07) is 1.64. The van der Waals surface area contributed by atoms with Gasteiger partial charge in [-0.3, -0.25) is 9.59 Å². The van der Waals surface area contributed by atoms with Crippen LogP contribution in [0.1, 0.15) is 28.8 Å². The average Bonchev–Trinajstić information content (AvgIpc) is 2.53. The number of carbonyl (C=O) groups is 2. The number of hydrogen-bond donors (Lipinski definition) is 2. The van der Waals surface area contributed by atoms with Gasteiger partial charge in [-0.2, -0.15) is 0 Å². The van der Waals surface area contributed by atoms with Crippen molar-refractivity contribution in [2.75, 3.05) is 6.54 Å². The number of hydrogen-bond acceptors (Lipinski definition) is 3. The van der Waals surface area contributed by atoms with Gasteiger partial charge in [0.05, 0.1) is 11.5 Å². The fourth-order valence-corrected chi connectivity index (χ4v) is 1.28. The van der Waals surface area contributed by atoms with Crippen molar-refractivity contribution in [3.8, 4) is 0 Å². The molecule has 1 aromatic heterocycles. The largest absolute Gasteiger partial charge is 0.481 e. The van der Waals surface area contributed by atoms with Crippen molar-refractivity contribution in [3.63, 3.8) is 0 Å². The topological polar surface area (TPSA) is 79.5 Å². The van der Waals surface area contributed by atoms with Crippen LogP contribution in [-0.4, -0.2) is 23.5 Å². The van der Waals surface area contributed by atoms with E-state index in [1.54, 1.807) is 19.9 Å². The van der Waals surface area contributed by atoms with Crippen LogP contribution in [0.5, 0.6) is 0 Å². The molecule has 0 aliphatic carbocycles. The van der Waals surface area contributed by atoms with E-state index in [1.807, 2.05) is 0 Å². The van der Waals surface area contributed by atoms with Crippen LogP contribution >= 0.6 is 0 Å². The molecule has 0 saturated heterocycles. The van der Waals surface area contributed by atoms with Gasteiger partial charge in [0.15, 0.2) is 0 Å². The highest BCUT2D eigenvalue weighted by Crippen LogP contribution is 2.13. The smallest absolute Gasteiger partial charge is 0.308 e. The van der Waals surface area contributed by atoms with Crippen LogP contribution in [0.25, 0.3) is 0 Å². The third kappa shape index (κ3) is 2.85. The molecule has 0 bridgehead atoms. The molecule has 1 amide bonds. The van der Waals surface area contributed by atoms with E-state index in [0.717, 1.165) is 0 Å². The van der Waals surface area contributed by atoms with E-state index < -0.39 is 11.9 Å². The first-order valence-corrected chi connectivity index (χ1v) is 5.00. The lowest BCUT2D eigenvalue weighted by Crippen LogP contribution is -2.31. The Bertz CT molecular complexity index is 408. The molecule has 0 radical (unpaired) electrons. The quantitative estimate of drug-likeness (QED) is 0.810. The Kier molecular flexibility index (Phi) is 3.71. The summed E-state index contributed by atoms with van der Waals surface area (Å²) in [6.45, 7) is 5.10. The summed E-state index contributed by atoms with van der Waals surface area (Å²) >= 11 is 0. The standard InChI is InChI=1S/C11H15NO4/c1-6(11(14)15)5-12-10(13)9-4-7(2)16-8(9)3/h4,6H,5H2,1-3H3,(H,12,13)(H,14,15). The maximum absolute atomic E-state index is 11.6. The minimum Gasteiger partial charge on any atom is -0.481 e. The number of rotatable bonds is 4. The number of carboxylic acid groups (broad SMARTS) is 1. The molecule has 1 heterocycles. The number of amides is 1. The first-order valence-electron chi connectivity index (χ1n) is 5.00. The van der Waals surface area contributed by atoms with Crippen LogP contribution < -0.4 is 5.32 Å². The zero-order valence-electron chi connectivity index (χ0n) is 9.53. The van der Waals surface area contributed by atoms with Crippen molar-refractivity contribution in [3.05, 3.63) is 23.2 Å². The molecule has 1 unspecified atom stereocenters. The Morgan fingerprint density at radius 3 is 2.56 bits per heavy atom. The number of aliphatic carboxylic acids is 1. The third-order valence-corrected chi connectivity index (χ3v) is 2.28. The Hall–Kier alpha value is -1.78. The predicted octanol–water partition coefficient (Wildman–Crippen LogP) is 1.35. The molecule has 0 fully saturated rings. The van der Waals surface area contributed by atoms with Gasteiger partial charge in [0.2, 0.25) is 0 Å². The van der Waals surface area contributed by atoms with E-state index in [0.29, 0.717) is 17.1 Å². The predicted molar refractivity (Wildman–Crippen MR) is 57.3 cm³/mol. The molecule has 0 saturated carbocycles. The molecular formula is C11H15NO4. The molecule has 1 aromatic rings. The third-order valence-electron chi connectivity index (χ3n) is 2.28. The summed E-state index contributed by atoms with van der Waals surface area (Å²) in [5, 5.41) is 11.2. The van der Waals surface area contributed by atoms with Gasteiger partial charge in [0.25, 0.3) is 5.91 Å². The number of furan rings is 1. The van der Waals surface area contributed by atoms with Crippen molar-refractivity contribution < 1.29 is 19.1 Å². The second kappa shape index (κ2) is 4.83. The molecule has 16 heavy (non-hydrogen) atoms. The number of nitrogens with one attached hydrogen (secondary N) is 1. The number of carboxylic acids is 1. The minimum absolute atomic E-state index is 0.109. The Morgan fingerprint density at radius 1 is 1.50 bits per heavy atom. The Morgan fingerprint density at radius 2 is 2.12 bits per heavy atom. The maximum Gasteiger partial charge on any atom is 0.308 e. The molecule has 1 rings (SSSR count). The van der Waals surface area contributed by atoms with Gasteiger partial charge in [-0.15, -0.1) is 0 Å². The first kappa shape index (κ1) is 12.3. The van der Waals surface area contributed by atoms with Gasteiger partial charge in [-0.1, -0.05) is 6.92 Å². The van der Waals surface area contributed by atoms with Crippen molar-refractivity contribution in [2.45, 2.75) is 20.8 Å². The summed E-state index contributed by atoms with van der Waals surface area (Å²) in [5.41, 5.74) is 0.454. The van der Waals surface area contributed by atoms with Crippen LogP contribution in [0.4, 0.5) is 0 Å². The average molecular weight is 225 g/mol. The summed E-state index contributed by atoms with van der Waals surface area (Å²) < 4.78 is 5.21. The fraction of sp³-hybridized carbons (Fsp3) is 0.455. The molecule has 0 aliphatic rings. The first-order chi connectivity index (χ1) is 7.41. The lowest BCUT2D eigenvalue weighted by molar-refractivity contribution is -0.140. The van der Waals surface area contributed by atoms with Gasteiger partial charge in [0, 0.05) is 6.54 Å². The molecule has 88 valence electrons. The van der Waals surface area contributed by atoms with Crippen LogP contribution in [0.2, 0.25) is 0 Å². The van der Waals surface area contributed by atoms with Gasteiger partial charge in [-0.05, 0) is 19.9 Å². The van der Waals surface area contributed by atoms with Gasteiger partial charge in [0.1, 0.15) is 11.5 Å². The SMILES string of the molecule is Cc1cc(C(=O)NCC(C)C(=O)O)c(C)o1. The van der Waals surface area contributed by atoms with E-state index >= 15 is 0 Å². The zero-order chi connectivity index (χ0) is 12.3. The Labute approximate surface area is 93.4 Å². The molecule has 0 spiro atoms. The van der Waals surface area contributed by atoms with Crippen molar-refractivity contribution in [1.29, 1.82) is 0 Å². The lowest BCUT2D eigenvalue weighted by Gasteiger charge is -2.07. The molecule has 1 atom stereocenters. The summed E-state index contributed by atoms with van der Waals surface area (Å²) in [4.78, 5) is 22.2. The summed E-state index contributed by atoms with van der Waals surface area (Å²) in [6.07, 6.45) is 0. The van der Waals surface area contributed by atoms with E-state index in [4.69, 9.17) is 9.52 Å². The lowest BCUT2D eigenvalue weighted by atomic mass is 10.1. The van der Waals surface area contributed by atoms with Crippen molar-refractivity contribution >= 4 is 11.9 Å². The van der Waals surface area contributed by atoms with Gasteiger partial charge in [-0.25, -0.2) is 0 Å². The molecule has 5 nitrogen and oxygen atoms in total. The van der Waals surface area contributed by atoms with E-state index in [-0.39, 0.29) is 12.5 Å². The summed E-state index contributed by atoms with van der Waals surface area (Å²) in [7, 11) is 0. The second-order valence-electron chi connectivity index (χ2n) is 3.78. The monoisotopic (exact) mass is 225 g/mol. The van der Waals surface area contributed by atoms with Crippen molar-refractivity contribution in [2.24, 2.45) is 5.92 Å². The molecule has 5 heteroatoms. The molecule has 0 aliphatic heterocycles. The highest BCUT2D eigenvalue weighted by molar-refractivity contribution is 5.95. The van der Waals surface area contributed by atoms with Gasteiger partial charge < -0.3 is 14.8 Å². The zero-order valence-corrected chi connectivity index (χ0v) is 9.53. The highest BCUT2D eigenvalue weighted by atomic mass is 16.4. The molecule has 0 aromatic carbocycles. The van der Waals surface area contributed by atoms with Crippen molar-refractivity contribution in [1.82, 2.24) is 5.32 Å². The van der Waals surface area contributed by atoms with Crippen LogP contribution in [-0.2, 0) is 4.79 Å². The van der Waals surface area contributed by atoms with Crippen LogP contribution in [0, 0.1) is 19.8 Å². The highest BCUT2D eigenvalue weighted by Gasteiger charge is 2.16. The minimum atomic E-state index is -0.930. The van der Waals surface area contributed by atoms with Gasteiger partial charge >= 0.3 is 5.97 Å².